The minimum atomic E-state index is -1.12. The largest absolute Gasteiger partial charge is 0.478 e. The lowest BCUT2D eigenvalue weighted by Gasteiger charge is -2.13. The Morgan fingerprint density at radius 2 is 2.00 bits per heavy atom. The van der Waals surface area contributed by atoms with E-state index in [0.717, 1.165) is 21.3 Å². The van der Waals surface area contributed by atoms with Gasteiger partial charge in [0.2, 0.25) is 0 Å². The van der Waals surface area contributed by atoms with Crippen LogP contribution in [0.3, 0.4) is 0 Å². The van der Waals surface area contributed by atoms with Crippen LogP contribution >= 0.6 is 34.2 Å². The van der Waals surface area contributed by atoms with Gasteiger partial charge in [-0.25, -0.2) is 9.18 Å². The quantitative estimate of drug-likeness (QED) is 0.719. The average Bonchev–Trinajstić information content (AvgIpc) is 2.39. The highest BCUT2D eigenvalue weighted by Gasteiger charge is 2.13. The molecule has 0 heterocycles. The summed E-state index contributed by atoms with van der Waals surface area (Å²) in [5, 5.41) is 12.6. The topological polar surface area (TPSA) is 49.3 Å². The third kappa shape index (κ3) is 3.04. The smallest absolute Gasteiger partial charge is 0.337 e. The Hall–Kier alpha value is -1.34. The Morgan fingerprint density at radius 3 is 2.65 bits per heavy atom. The first kappa shape index (κ1) is 15.1. The Labute approximate surface area is 133 Å². The minimum absolute atomic E-state index is 0.000437. The SMILES string of the molecule is Cc1c(Nc2cc(F)ccc2C(=O)O)ccc(I)c1Cl. The maximum Gasteiger partial charge on any atom is 0.337 e. The van der Waals surface area contributed by atoms with Crippen LogP contribution in [0.4, 0.5) is 15.8 Å². The predicted molar refractivity (Wildman–Crippen MR) is 85.5 cm³/mol. The lowest BCUT2D eigenvalue weighted by Crippen LogP contribution is -2.04. The zero-order valence-corrected chi connectivity index (χ0v) is 13.3. The summed E-state index contributed by atoms with van der Waals surface area (Å²) in [6.07, 6.45) is 0. The van der Waals surface area contributed by atoms with Crippen LogP contribution in [0, 0.1) is 16.3 Å². The summed E-state index contributed by atoms with van der Waals surface area (Å²) in [5.41, 5.74) is 1.61. The van der Waals surface area contributed by atoms with Crippen LogP contribution in [0.5, 0.6) is 0 Å². The van der Waals surface area contributed by atoms with Gasteiger partial charge in [-0.3, -0.25) is 0 Å². The van der Waals surface area contributed by atoms with Gasteiger partial charge in [0, 0.05) is 9.26 Å². The lowest BCUT2D eigenvalue weighted by atomic mass is 10.1. The number of carboxylic acids is 1. The van der Waals surface area contributed by atoms with Crippen molar-refractivity contribution in [3.05, 3.63) is 55.9 Å². The Bertz CT molecular complexity index is 691. The van der Waals surface area contributed by atoms with Gasteiger partial charge in [-0.1, -0.05) is 11.6 Å². The Morgan fingerprint density at radius 1 is 1.30 bits per heavy atom. The van der Waals surface area contributed by atoms with Gasteiger partial charge in [-0.05, 0) is 65.4 Å². The monoisotopic (exact) mass is 405 g/mol. The number of benzene rings is 2. The second-order valence-corrected chi connectivity index (χ2v) is 5.69. The molecule has 2 N–H and O–H groups in total. The summed E-state index contributed by atoms with van der Waals surface area (Å²) >= 11 is 8.25. The van der Waals surface area contributed by atoms with E-state index in [1.54, 1.807) is 12.1 Å². The molecule has 0 aromatic heterocycles. The van der Waals surface area contributed by atoms with E-state index in [9.17, 15) is 9.18 Å². The summed E-state index contributed by atoms with van der Waals surface area (Å²) in [6.45, 7) is 1.81. The number of nitrogens with one attached hydrogen (secondary N) is 1. The molecule has 6 heteroatoms. The molecule has 2 aromatic carbocycles. The fourth-order valence-electron chi connectivity index (χ4n) is 1.74. The maximum atomic E-state index is 13.3. The standard InChI is InChI=1S/C14H10ClFINO2/c1-7-11(5-4-10(17)13(7)15)18-12-6-8(16)2-3-9(12)14(19)20/h2-6,18H,1H3,(H,19,20). The zero-order valence-electron chi connectivity index (χ0n) is 10.4. The van der Waals surface area contributed by atoms with Crippen molar-refractivity contribution in [2.24, 2.45) is 0 Å². The molecular formula is C14H10ClFINO2. The van der Waals surface area contributed by atoms with Crippen LogP contribution in [0.2, 0.25) is 5.02 Å². The van der Waals surface area contributed by atoms with Crippen molar-refractivity contribution in [2.45, 2.75) is 6.92 Å². The molecule has 0 saturated heterocycles. The van der Waals surface area contributed by atoms with Crippen molar-refractivity contribution in [1.29, 1.82) is 0 Å². The summed E-state index contributed by atoms with van der Waals surface area (Å²) < 4.78 is 14.2. The van der Waals surface area contributed by atoms with Gasteiger partial charge in [0.05, 0.1) is 16.3 Å². The summed E-state index contributed by atoms with van der Waals surface area (Å²) in [6, 6.07) is 7.07. The first-order valence-electron chi connectivity index (χ1n) is 5.64. The number of hydrogen-bond donors (Lipinski definition) is 2. The van der Waals surface area contributed by atoms with E-state index in [1.807, 2.05) is 6.92 Å². The molecule has 0 amide bonds. The number of rotatable bonds is 3. The van der Waals surface area contributed by atoms with E-state index >= 15 is 0 Å². The molecular weight excluding hydrogens is 396 g/mol. The van der Waals surface area contributed by atoms with Gasteiger partial charge in [0.15, 0.2) is 0 Å². The Kier molecular flexibility index (Phi) is 4.49. The number of halogens is 3. The third-order valence-electron chi connectivity index (χ3n) is 2.82. The molecule has 0 aliphatic rings. The molecule has 3 nitrogen and oxygen atoms in total. The zero-order chi connectivity index (χ0) is 14.9. The van der Waals surface area contributed by atoms with Crippen molar-refractivity contribution in [3.8, 4) is 0 Å². The fourth-order valence-corrected chi connectivity index (χ4v) is 2.49. The number of anilines is 2. The van der Waals surface area contributed by atoms with E-state index in [1.165, 1.54) is 6.07 Å². The van der Waals surface area contributed by atoms with Gasteiger partial charge < -0.3 is 10.4 Å². The van der Waals surface area contributed by atoms with Crippen LogP contribution in [-0.2, 0) is 0 Å². The molecule has 0 unspecified atom stereocenters. The van der Waals surface area contributed by atoms with Crippen LogP contribution in [-0.4, -0.2) is 11.1 Å². The van der Waals surface area contributed by atoms with Crippen LogP contribution in [0.25, 0.3) is 0 Å². The molecule has 20 heavy (non-hydrogen) atoms. The van der Waals surface area contributed by atoms with Crippen LogP contribution in [0.1, 0.15) is 15.9 Å². The van der Waals surface area contributed by atoms with E-state index in [2.05, 4.69) is 27.9 Å². The number of aromatic carboxylic acids is 1. The molecule has 0 saturated carbocycles. The van der Waals surface area contributed by atoms with Gasteiger partial charge in [-0.15, -0.1) is 0 Å². The summed E-state index contributed by atoms with van der Waals surface area (Å²) in [5.74, 6) is -1.63. The number of hydrogen-bond acceptors (Lipinski definition) is 2. The second-order valence-electron chi connectivity index (χ2n) is 4.15. The van der Waals surface area contributed by atoms with Crippen molar-refractivity contribution in [2.75, 3.05) is 5.32 Å². The molecule has 0 bridgehead atoms. The third-order valence-corrected chi connectivity index (χ3v) is 4.53. The predicted octanol–water partition coefficient (Wildman–Crippen LogP) is 4.83. The van der Waals surface area contributed by atoms with Crippen molar-refractivity contribution >= 4 is 51.5 Å². The molecule has 0 fully saturated rings. The highest BCUT2D eigenvalue weighted by atomic mass is 127. The van der Waals surface area contributed by atoms with Crippen LogP contribution in [0.15, 0.2) is 30.3 Å². The van der Waals surface area contributed by atoms with Gasteiger partial charge >= 0.3 is 5.97 Å². The van der Waals surface area contributed by atoms with E-state index in [-0.39, 0.29) is 11.3 Å². The Balaban J connectivity index is 2.47. The minimum Gasteiger partial charge on any atom is -0.478 e. The highest BCUT2D eigenvalue weighted by Crippen LogP contribution is 2.31. The lowest BCUT2D eigenvalue weighted by molar-refractivity contribution is 0.0698. The molecule has 0 aliphatic heterocycles. The highest BCUT2D eigenvalue weighted by molar-refractivity contribution is 14.1. The second kappa shape index (κ2) is 5.97. The van der Waals surface area contributed by atoms with Gasteiger partial charge in [-0.2, -0.15) is 0 Å². The summed E-state index contributed by atoms with van der Waals surface area (Å²) in [4.78, 5) is 11.1. The van der Waals surface area contributed by atoms with Crippen molar-refractivity contribution in [1.82, 2.24) is 0 Å². The van der Waals surface area contributed by atoms with E-state index < -0.39 is 11.8 Å². The van der Waals surface area contributed by atoms with E-state index in [0.29, 0.717) is 10.7 Å². The van der Waals surface area contributed by atoms with E-state index in [4.69, 9.17) is 16.7 Å². The van der Waals surface area contributed by atoms with Crippen molar-refractivity contribution in [3.63, 3.8) is 0 Å². The first-order chi connectivity index (χ1) is 9.40. The fraction of sp³-hybridized carbons (Fsp3) is 0.0714. The molecule has 2 aromatic rings. The van der Waals surface area contributed by atoms with Crippen LogP contribution < -0.4 is 5.32 Å². The van der Waals surface area contributed by atoms with Gasteiger partial charge in [0.25, 0.3) is 0 Å². The number of carboxylic acid groups (broad SMARTS) is 1. The normalized spacial score (nSPS) is 10.4. The molecule has 2 rings (SSSR count). The molecule has 104 valence electrons. The number of carbonyl (C=O) groups is 1. The van der Waals surface area contributed by atoms with Gasteiger partial charge in [0.1, 0.15) is 5.82 Å². The molecule has 0 aliphatic carbocycles. The first-order valence-corrected chi connectivity index (χ1v) is 7.10. The maximum absolute atomic E-state index is 13.3. The van der Waals surface area contributed by atoms with Crippen molar-refractivity contribution < 1.29 is 14.3 Å². The molecule has 0 radical (unpaired) electrons. The average molecular weight is 406 g/mol. The molecule has 0 atom stereocenters. The summed E-state index contributed by atoms with van der Waals surface area (Å²) in [7, 11) is 0. The molecule has 0 spiro atoms.